The standard InChI is InChI=1S/C22H27BrN2O3/c1-22(2,3)28-21(26)25-14-8-11-17(15-25)19(16-9-5-4-6-10-16)27-18-12-7-13-24-20(18)23/h4-7,9-10,12-13,17,19H,8,11,14-15H2,1-3H3/t17-,19?/m0/s1. The van der Waals surface area contributed by atoms with Gasteiger partial charge in [0.25, 0.3) is 0 Å². The molecule has 0 saturated carbocycles. The molecule has 1 aromatic heterocycles. The summed E-state index contributed by atoms with van der Waals surface area (Å²) in [5.74, 6) is 0.863. The minimum Gasteiger partial charge on any atom is -0.483 e. The van der Waals surface area contributed by atoms with E-state index >= 15 is 0 Å². The highest BCUT2D eigenvalue weighted by atomic mass is 79.9. The summed E-state index contributed by atoms with van der Waals surface area (Å²) in [6, 6.07) is 13.9. The molecule has 1 fully saturated rings. The van der Waals surface area contributed by atoms with Gasteiger partial charge in [-0.1, -0.05) is 30.3 Å². The van der Waals surface area contributed by atoms with Gasteiger partial charge in [0.15, 0.2) is 5.75 Å². The number of carbonyl (C=O) groups is 1. The third kappa shape index (κ3) is 5.47. The molecule has 0 radical (unpaired) electrons. The molecule has 5 nitrogen and oxygen atoms in total. The summed E-state index contributed by atoms with van der Waals surface area (Å²) in [6.07, 6.45) is 3.19. The lowest BCUT2D eigenvalue weighted by atomic mass is 9.88. The predicted octanol–water partition coefficient (Wildman–Crippen LogP) is 5.61. The van der Waals surface area contributed by atoms with E-state index in [1.807, 2.05) is 51.1 Å². The number of pyridine rings is 1. The first-order chi connectivity index (χ1) is 13.3. The van der Waals surface area contributed by atoms with Gasteiger partial charge < -0.3 is 14.4 Å². The molecule has 6 heteroatoms. The molecule has 1 aliphatic rings. The smallest absolute Gasteiger partial charge is 0.410 e. The van der Waals surface area contributed by atoms with Crippen LogP contribution in [0.1, 0.15) is 45.3 Å². The fourth-order valence-corrected chi connectivity index (χ4v) is 3.77. The highest BCUT2D eigenvalue weighted by Crippen LogP contribution is 2.36. The fraction of sp³-hybridized carbons (Fsp3) is 0.455. The lowest BCUT2D eigenvalue weighted by Crippen LogP contribution is -2.44. The summed E-state index contributed by atoms with van der Waals surface area (Å²) in [7, 11) is 0. The molecule has 0 N–H and O–H groups in total. The zero-order chi connectivity index (χ0) is 20.1. The Kier molecular flexibility index (Phi) is 6.60. The number of piperidine rings is 1. The van der Waals surface area contributed by atoms with Crippen LogP contribution in [0.3, 0.4) is 0 Å². The summed E-state index contributed by atoms with van der Waals surface area (Å²) in [4.78, 5) is 18.6. The maximum atomic E-state index is 12.6. The third-order valence-electron chi connectivity index (χ3n) is 4.64. The van der Waals surface area contributed by atoms with E-state index in [4.69, 9.17) is 9.47 Å². The van der Waals surface area contributed by atoms with Crippen molar-refractivity contribution < 1.29 is 14.3 Å². The second-order valence-electron chi connectivity index (χ2n) is 8.07. The van der Waals surface area contributed by atoms with E-state index in [0.29, 0.717) is 23.4 Å². The molecule has 2 atom stereocenters. The number of hydrogen-bond acceptors (Lipinski definition) is 4. The van der Waals surface area contributed by atoms with Gasteiger partial charge in [-0.3, -0.25) is 0 Å². The van der Waals surface area contributed by atoms with E-state index in [9.17, 15) is 4.79 Å². The fourth-order valence-electron chi connectivity index (χ4n) is 3.42. The van der Waals surface area contributed by atoms with Crippen LogP contribution < -0.4 is 4.74 Å². The van der Waals surface area contributed by atoms with Crippen LogP contribution in [0.15, 0.2) is 53.3 Å². The first kappa shape index (κ1) is 20.6. The van der Waals surface area contributed by atoms with Crippen molar-refractivity contribution in [3.8, 4) is 5.75 Å². The summed E-state index contributed by atoms with van der Waals surface area (Å²) in [6.45, 7) is 6.99. The monoisotopic (exact) mass is 446 g/mol. The summed E-state index contributed by atoms with van der Waals surface area (Å²) >= 11 is 3.47. The Hall–Kier alpha value is -2.08. The van der Waals surface area contributed by atoms with Crippen LogP contribution in [0.4, 0.5) is 4.79 Å². The molecule has 0 bridgehead atoms. The van der Waals surface area contributed by atoms with Crippen molar-refractivity contribution in [2.75, 3.05) is 13.1 Å². The number of likely N-dealkylation sites (tertiary alicyclic amines) is 1. The number of benzene rings is 1. The second-order valence-corrected chi connectivity index (χ2v) is 8.82. The summed E-state index contributed by atoms with van der Waals surface area (Å²) in [5.41, 5.74) is 0.592. The Morgan fingerprint density at radius 1 is 1.21 bits per heavy atom. The lowest BCUT2D eigenvalue weighted by Gasteiger charge is -2.37. The van der Waals surface area contributed by atoms with Crippen LogP contribution in [-0.2, 0) is 4.74 Å². The zero-order valence-corrected chi connectivity index (χ0v) is 18.2. The van der Waals surface area contributed by atoms with Gasteiger partial charge >= 0.3 is 6.09 Å². The number of aromatic nitrogens is 1. The summed E-state index contributed by atoms with van der Waals surface area (Å²) < 4.78 is 12.7. The van der Waals surface area contributed by atoms with E-state index in [1.54, 1.807) is 11.1 Å². The molecular formula is C22H27BrN2O3. The van der Waals surface area contributed by atoms with Crippen LogP contribution >= 0.6 is 15.9 Å². The molecule has 1 aromatic carbocycles. The predicted molar refractivity (Wildman–Crippen MR) is 112 cm³/mol. The van der Waals surface area contributed by atoms with Crippen molar-refractivity contribution in [2.45, 2.75) is 45.3 Å². The number of hydrogen-bond donors (Lipinski definition) is 0. The Morgan fingerprint density at radius 3 is 2.64 bits per heavy atom. The Labute approximate surface area is 175 Å². The maximum Gasteiger partial charge on any atom is 0.410 e. The van der Waals surface area contributed by atoms with Crippen LogP contribution in [-0.4, -0.2) is 34.7 Å². The summed E-state index contributed by atoms with van der Waals surface area (Å²) in [5, 5.41) is 0. The molecule has 1 aliphatic heterocycles. The van der Waals surface area contributed by atoms with E-state index in [0.717, 1.165) is 18.4 Å². The first-order valence-corrected chi connectivity index (χ1v) is 10.4. The highest BCUT2D eigenvalue weighted by molar-refractivity contribution is 9.10. The largest absolute Gasteiger partial charge is 0.483 e. The van der Waals surface area contributed by atoms with Gasteiger partial charge in [-0.25, -0.2) is 9.78 Å². The topological polar surface area (TPSA) is 51.7 Å². The van der Waals surface area contributed by atoms with Crippen LogP contribution in [0, 0.1) is 5.92 Å². The molecule has 1 saturated heterocycles. The number of carbonyl (C=O) groups excluding carboxylic acids is 1. The molecule has 2 heterocycles. The van der Waals surface area contributed by atoms with Gasteiger partial charge in [-0.15, -0.1) is 0 Å². The van der Waals surface area contributed by atoms with Gasteiger partial charge in [-0.2, -0.15) is 0 Å². The molecule has 0 spiro atoms. The number of rotatable bonds is 4. The first-order valence-electron chi connectivity index (χ1n) is 9.63. The SMILES string of the molecule is CC(C)(C)OC(=O)N1CCC[C@H](C(Oc2cccnc2Br)c2ccccc2)C1. The van der Waals surface area contributed by atoms with Gasteiger partial charge in [0.2, 0.25) is 0 Å². The number of amides is 1. The molecular weight excluding hydrogens is 420 g/mol. The van der Waals surface area contributed by atoms with Crippen molar-refractivity contribution >= 4 is 22.0 Å². The van der Waals surface area contributed by atoms with Crippen LogP contribution in [0.2, 0.25) is 0 Å². The van der Waals surface area contributed by atoms with Crippen LogP contribution in [0.25, 0.3) is 0 Å². The van der Waals surface area contributed by atoms with Gasteiger partial charge in [-0.05, 0) is 67.2 Å². The van der Waals surface area contributed by atoms with Gasteiger partial charge in [0, 0.05) is 25.2 Å². The third-order valence-corrected chi connectivity index (χ3v) is 5.24. The molecule has 1 unspecified atom stereocenters. The van der Waals surface area contributed by atoms with E-state index in [2.05, 4.69) is 33.0 Å². The van der Waals surface area contributed by atoms with Crippen molar-refractivity contribution in [3.05, 3.63) is 58.8 Å². The second kappa shape index (κ2) is 8.95. The van der Waals surface area contributed by atoms with Crippen LogP contribution in [0.5, 0.6) is 5.75 Å². The molecule has 28 heavy (non-hydrogen) atoms. The van der Waals surface area contributed by atoms with Crippen molar-refractivity contribution in [1.82, 2.24) is 9.88 Å². The average molecular weight is 447 g/mol. The highest BCUT2D eigenvalue weighted by Gasteiger charge is 2.34. The van der Waals surface area contributed by atoms with Gasteiger partial charge in [0.05, 0.1) is 0 Å². The number of halogens is 1. The Bertz CT molecular complexity index is 792. The van der Waals surface area contributed by atoms with Crippen molar-refractivity contribution in [1.29, 1.82) is 0 Å². The zero-order valence-electron chi connectivity index (χ0n) is 16.6. The van der Waals surface area contributed by atoms with Gasteiger partial charge in [0.1, 0.15) is 16.3 Å². The van der Waals surface area contributed by atoms with Crippen molar-refractivity contribution in [3.63, 3.8) is 0 Å². The lowest BCUT2D eigenvalue weighted by molar-refractivity contribution is 0.00573. The number of nitrogens with zero attached hydrogens (tertiary/aromatic N) is 2. The normalized spacial score (nSPS) is 18.4. The molecule has 1 amide bonds. The minimum atomic E-state index is -0.500. The molecule has 0 aliphatic carbocycles. The quantitative estimate of drug-likeness (QED) is 0.572. The number of ether oxygens (including phenoxy) is 2. The van der Waals surface area contributed by atoms with E-state index < -0.39 is 5.60 Å². The van der Waals surface area contributed by atoms with E-state index in [1.165, 1.54) is 0 Å². The molecule has 150 valence electrons. The molecule has 3 rings (SSSR count). The minimum absolute atomic E-state index is 0.163. The maximum absolute atomic E-state index is 12.6. The Balaban J connectivity index is 1.81. The Morgan fingerprint density at radius 2 is 1.96 bits per heavy atom. The average Bonchev–Trinajstić information content (AvgIpc) is 2.67. The van der Waals surface area contributed by atoms with E-state index in [-0.39, 0.29) is 18.1 Å². The molecule has 2 aromatic rings. The van der Waals surface area contributed by atoms with Crippen molar-refractivity contribution in [2.24, 2.45) is 5.92 Å².